The molecule has 0 spiro atoms. The van der Waals surface area contributed by atoms with Crippen molar-refractivity contribution in [1.29, 1.82) is 0 Å². The summed E-state index contributed by atoms with van der Waals surface area (Å²) in [5, 5.41) is 12.8. The van der Waals surface area contributed by atoms with Crippen LogP contribution in [0.4, 0.5) is 0 Å². The molecule has 1 aliphatic carbocycles. The van der Waals surface area contributed by atoms with Crippen molar-refractivity contribution in [1.82, 2.24) is 5.32 Å². The topological polar surface area (TPSA) is 32.3 Å². The number of aliphatic hydroxyl groups excluding tert-OH is 1. The van der Waals surface area contributed by atoms with Gasteiger partial charge in [0.2, 0.25) is 0 Å². The van der Waals surface area contributed by atoms with Crippen molar-refractivity contribution in [3.8, 4) is 0 Å². The van der Waals surface area contributed by atoms with Crippen LogP contribution in [0, 0.1) is 5.41 Å². The number of hydrogen-bond acceptors (Lipinski definition) is 2. The number of halogens is 1. The van der Waals surface area contributed by atoms with Crippen molar-refractivity contribution in [3.63, 3.8) is 0 Å². The Morgan fingerprint density at radius 2 is 2.06 bits per heavy atom. The normalized spacial score (nSPS) is 17.8. The van der Waals surface area contributed by atoms with E-state index in [2.05, 4.69) is 39.4 Å². The zero-order valence-electron chi connectivity index (χ0n) is 10.1. The molecule has 94 valence electrons. The Hall–Kier alpha value is -0.380. The molecule has 0 unspecified atom stereocenters. The van der Waals surface area contributed by atoms with Gasteiger partial charge in [-0.15, -0.1) is 0 Å². The van der Waals surface area contributed by atoms with Gasteiger partial charge in [-0.25, -0.2) is 0 Å². The van der Waals surface area contributed by atoms with Crippen molar-refractivity contribution in [2.24, 2.45) is 5.41 Å². The van der Waals surface area contributed by atoms with Crippen LogP contribution in [-0.2, 0) is 6.42 Å². The molecule has 17 heavy (non-hydrogen) atoms. The Balaban J connectivity index is 1.71. The van der Waals surface area contributed by atoms with E-state index in [-0.39, 0.29) is 5.41 Å². The van der Waals surface area contributed by atoms with E-state index in [0.29, 0.717) is 6.61 Å². The van der Waals surface area contributed by atoms with Crippen LogP contribution < -0.4 is 5.32 Å². The summed E-state index contributed by atoms with van der Waals surface area (Å²) < 4.78 is 1.18. The lowest BCUT2D eigenvalue weighted by atomic mass is 9.69. The summed E-state index contributed by atoms with van der Waals surface area (Å²) in [6.45, 7) is 2.26. The third-order valence-electron chi connectivity index (χ3n) is 3.78. The standard InChI is InChI=1S/C14H20BrNO/c15-13-5-2-1-4-12(13)6-9-16-10-14(11-17)7-3-8-14/h1-2,4-5,16-17H,3,6-11H2. The van der Waals surface area contributed by atoms with Gasteiger partial charge in [-0.3, -0.25) is 0 Å². The summed E-state index contributed by atoms with van der Waals surface area (Å²) in [6.07, 6.45) is 4.65. The van der Waals surface area contributed by atoms with Gasteiger partial charge in [-0.1, -0.05) is 40.5 Å². The Bertz CT molecular complexity index is 357. The minimum absolute atomic E-state index is 0.188. The van der Waals surface area contributed by atoms with Crippen LogP contribution in [0.2, 0.25) is 0 Å². The average molecular weight is 298 g/mol. The molecule has 0 bridgehead atoms. The molecule has 2 N–H and O–H groups in total. The first-order chi connectivity index (χ1) is 8.26. The van der Waals surface area contributed by atoms with Crippen molar-refractivity contribution < 1.29 is 5.11 Å². The molecule has 2 nitrogen and oxygen atoms in total. The third-order valence-corrected chi connectivity index (χ3v) is 4.55. The Morgan fingerprint density at radius 1 is 1.29 bits per heavy atom. The van der Waals surface area contributed by atoms with Gasteiger partial charge < -0.3 is 10.4 Å². The van der Waals surface area contributed by atoms with Crippen molar-refractivity contribution in [2.45, 2.75) is 25.7 Å². The molecule has 3 heteroatoms. The second-order valence-electron chi connectivity index (χ2n) is 5.03. The predicted octanol–water partition coefficient (Wildman–Crippen LogP) is 2.74. The number of aliphatic hydroxyl groups is 1. The lowest BCUT2D eigenvalue weighted by Gasteiger charge is -2.40. The highest BCUT2D eigenvalue weighted by atomic mass is 79.9. The molecular formula is C14H20BrNO. The van der Waals surface area contributed by atoms with Crippen molar-refractivity contribution in [3.05, 3.63) is 34.3 Å². The summed E-state index contributed by atoms with van der Waals surface area (Å²) >= 11 is 3.56. The van der Waals surface area contributed by atoms with Crippen LogP contribution in [0.1, 0.15) is 24.8 Å². The Morgan fingerprint density at radius 3 is 2.65 bits per heavy atom. The molecular weight excluding hydrogens is 278 g/mol. The molecule has 0 atom stereocenters. The fraction of sp³-hybridized carbons (Fsp3) is 0.571. The molecule has 1 fully saturated rings. The number of nitrogens with one attached hydrogen (secondary N) is 1. The van der Waals surface area contributed by atoms with Crippen LogP contribution in [0.25, 0.3) is 0 Å². The highest BCUT2D eigenvalue weighted by molar-refractivity contribution is 9.10. The lowest BCUT2D eigenvalue weighted by molar-refractivity contribution is 0.0451. The number of rotatable bonds is 6. The molecule has 0 radical (unpaired) electrons. The number of benzene rings is 1. The van der Waals surface area contributed by atoms with Gasteiger partial charge in [-0.05, 0) is 37.4 Å². The highest BCUT2D eigenvalue weighted by Gasteiger charge is 2.35. The minimum Gasteiger partial charge on any atom is -0.396 e. The van der Waals surface area contributed by atoms with E-state index in [4.69, 9.17) is 0 Å². The predicted molar refractivity (Wildman–Crippen MR) is 74.1 cm³/mol. The molecule has 1 saturated carbocycles. The molecule has 1 aromatic carbocycles. The zero-order valence-corrected chi connectivity index (χ0v) is 11.7. The lowest BCUT2D eigenvalue weighted by Crippen LogP contribution is -2.43. The minimum atomic E-state index is 0.188. The largest absolute Gasteiger partial charge is 0.396 e. The van der Waals surface area contributed by atoms with E-state index in [0.717, 1.165) is 19.5 Å². The summed E-state index contributed by atoms with van der Waals surface area (Å²) in [6, 6.07) is 8.34. The first-order valence-corrected chi connectivity index (χ1v) is 7.10. The molecule has 0 saturated heterocycles. The van der Waals surface area contributed by atoms with E-state index in [1.807, 2.05) is 6.07 Å². The molecule has 0 heterocycles. The van der Waals surface area contributed by atoms with E-state index >= 15 is 0 Å². The van der Waals surface area contributed by atoms with Crippen molar-refractivity contribution >= 4 is 15.9 Å². The van der Waals surface area contributed by atoms with Crippen LogP contribution in [0.5, 0.6) is 0 Å². The van der Waals surface area contributed by atoms with E-state index in [1.165, 1.54) is 29.3 Å². The fourth-order valence-corrected chi connectivity index (χ4v) is 2.83. The third kappa shape index (κ3) is 3.30. The number of hydrogen-bond donors (Lipinski definition) is 2. The maximum atomic E-state index is 9.35. The van der Waals surface area contributed by atoms with Crippen LogP contribution in [0.15, 0.2) is 28.7 Å². The molecule has 1 aliphatic rings. The van der Waals surface area contributed by atoms with Crippen LogP contribution in [0.3, 0.4) is 0 Å². The molecule has 1 aromatic rings. The van der Waals surface area contributed by atoms with Gasteiger partial charge in [0.05, 0.1) is 0 Å². The quantitative estimate of drug-likeness (QED) is 0.792. The van der Waals surface area contributed by atoms with Crippen molar-refractivity contribution in [2.75, 3.05) is 19.7 Å². The van der Waals surface area contributed by atoms with E-state index in [1.54, 1.807) is 0 Å². The zero-order chi connectivity index (χ0) is 12.1. The van der Waals surface area contributed by atoms with E-state index in [9.17, 15) is 5.11 Å². The Labute approximate surface area is 112 Å². The second-order valence-corrected chi connectivity index (χ2v) is 5.88. The summed E-state index contributed by atoms with van der Waals surface area (Å²) in [7, 11) is 0. The monoisotopic (exact) mass is 297 g/mol. The van der Waals surface area contributed by atoms with Crippen LogP contribution >= 0.6 is 15.9 Å². The maximum absolute atomic E-state index is 9.35. The second kappa shape index (κ2) is 5.98. The first kappa shape index (κ1) is 13.1. The van der Waals surface area contributed by atoms with Gasteiger partial charge >= 0.3 is 0 Å². The summed E-state index contributed by atoms with van der Waals surface area (Å²) in [5.74, 6) is 0. The highest BCUT2D eigenvalue weighted by Crippen LogP contribution is 2.39. The Kier molecular flexibility index (Phi) is 4.60. The molecule has 2 rings (SSSR count). The summed E-state index contributed by atoms with van der Waals surface area (Å²) in [5.41, 5.74) is 1.53. The average Bonchev–Trinajstić information content (AvgIpc) is 2.29. The molecule has 0 aliphatic heterocycles. The molecule has 0 amide bonds. The van der Waals surface area contributed by atoms with Gasteiger partial charge in [-0.2, -0.15) is 0 Å². The fourth-order valence-electron chi connectivity index (χ4n) is 2.35. The summed E-state index contributed by atoms with van der Waals surface area (Å²) in [4.78, 5) is 0. The SMILES string of the molecule is OCC1(CNCCc2ccccc2Br)CCC1. The van der Waals surface area contributed by atoms with Gasteiger partial charge in [0.1, 0.15) is 0 Å². The maximum Gasteiger partial charge on any atom is 0.0499 e. The van der Waals surface area contributed by atoms with Gasteiger partial charge in [0, 0.05) is 23.0 Å². The van der Waals surface area contributed by atoms with Crippen LogP contribution in [-0.4, -0.2) is 24.8 Å². The van der Waals surface area contributed by atoms with Gasteiger partial charge in [0.25, 0.3) is 0 Å². The first-order valence-electron chi connectivity index (χ1n) is 6.31. The molecule has 0 aromatic heterocycles. The smallest absolute Gasteiger partial charge is 0.0499 e. The van der Waals surface area contributed by atoms with E-state index < -0.39 is 0 Å². The van der Waals surface area contributed by atoms with Gasteiger partial charge in [0.15, 0.2) is 0 Å².